The topological polar surface area (TPSA) is 61.1 Å². The molecule has 6 heteroatoms. The summed E-state index contributed by atoms with van der Waals surface area (Å²) in [4.78, 5) is 15.1. The fourth-order valence-electron chi connectivity index (χ4n) is 3.13. The van der Waals surface area contributed by atoms with Crippen LogP contribution in [0.1, 0.15) is 19.4 Å². The second kappa shape index (κ2) is 6.96. The molecule has 0 aliphatic carbocycles. The molecule has 2 aromatic carbocycles. The predicted octanol–water partition coefficient (Wildman–Crippen LogP) is 4.15. The SMILES string of the molecule is COc1ccccc1Oc1coc2c3c(ccc2c1=O)OCN(C(C)C)C3. The normalized spacial score (nSPS) is 14.1. The molecule has 0 spiro atoms. The number of ether oxygens (including phenoxy) is 3. The Morgan fingerprint density at radius 1 is 1.07 bits per heavy atom. The molecule has 0 bridgehead atoms. The van der Waals surface area contributed by atoms with Gasteiger partial charge < -0.3 is 18.6 Å². The molecule has 0 unspecified atom stereocenters. The van der Waals surface area contributed by atoms with Crippen LogP contribution < -0.4 is 19.6 Å². The van der Waals surface area contributed by atoms with Crippen LogP contribution in [-0.2, 0) is 6.54 Å². The van der Waals surface area contributed by atoms with Gasteiger partial charge in [-0.05, 0) is 38.1 Å². The van der Waals surface area contributed by atoms with E-state index in [9.17, 15) is 4.79 Å². The number of rotatable bonds is 4. The van der Waals surface area contributed by atoms with E-state index in [0.717, 1.165) is 11.3 Å². The molecule has 140 valence electrons. The summed E-state index contributed by atoms with van der Waals surface area (Å²) in [5.74, 6) is 1.87. The van der Waals surface area contributed by atoms with Gasteiger partial charge in [0.25, 0.3) is 0 Å². The van der Waals surface area contributed by atoms with Gasteiger partial charge in [-0.1, -0.05) is 12.1 Å². The lowest BCUT2D eigenvalue weighted by Crippen LogP contribution is -2.37. The molecule has 0 saturated carbocycles. The molecule has 0 amide bonds. The molecule has 1 aliphatic heterocycles. The summed E-state index contributed by atoms with van der Waals surface area (Å²) in [6, 6.07) is 11.0. The third-order valence-corrected chi connectivity index (χ3v) is 4.74. The van der Waals surface area contributed by atoms with Crippen LogP contribution in [0, 0.1) is 0 Å². The van der Waals surface area contributed by atoms with Crippen LogP contribution in [-0.4, -0.2) is 24.8 Å². The molecular weight excluding hydrogens is 346 g/mol. The molecule has 2 heterocycles. The maximum Gasteiger partial charge on any atom is 0.235 e. The Kier molecular flexibility index (Phi) is 4.49. The Hall–Kier alpha value is -2.99. The van der Waals surface area contributed by atoms with Gasteiger partial charge >= 0.3 is 0 Å². The summed E-state index contributed by atoms with van der Waals surface area (Å²) >= 11 is 0. The molecule has 27 heavy (non-hydrogen) atoms. The maximum atomic E-state index is 13.0. The fourth-order valence-corrected chi connectivity index (χ4v) is 3.13. The van der Waals surface area contributed by atoms with Gasteiger partial charge in [-0.2, -0.15) is 0 Å². The summed E-state index contributed by atoms with van der Waals surface area (Å²) in [6.07, 6.45) is 1.35. The lowest BCUT2D eigenvalue weighted by Gasteiger charge is -2.31. The summed E-state index contributed by atoms with van der Waals surface area (Å²) in [6.45, 7) is 5.40. The molecule has 3 aromatic rings. The first kappa shape index (κ1) is 17.4. The standard InChI is InChI=1S/C21H21NO5/c1-13(2)22-10-15-16(26-12-22)9-8-14-20(23)19(11-25-21(14)15)27-18-7-5-4-6-17(18)24-3/h4-9,11,13H,10,12H2,1-3H3. The van der Waals surface area contributed by atoms with Gasteiger partial charge in [-0.15, -0.1) is 0 Å². The van der Waals surface area contributed by atoms with E-state index in [1.54, 1.807) is 25.3 Å². The quantitative estimate of drug-likeness (QED) is 0.690. The number of hydrogen-bond acceptors (Lipinski definition) is 6. The van der Waals surface area contributed by atoms with Gasteiger partial charge in [0.2, 0.25) is 11.2 Å². The van der Waals surface area contributed by atoms with Gasteiger partial charge in [0.15, 0.2) is 11.5 Å². The van der Waals surface area contributed by atoms with Crippen LogP contribution in [0.3, 0.4) is 0 Å². The van der Waals surface area contributed by atoms with Crippen molar-refractivity contribution in [3.63, 3.8) is 0 Å². The number of nitrogens with zero attached hydrogens (tertiary/aromatic N) is 1. The van der Waals surface area contributed by atoms with E-state index in [1.165, 1.54) is 6.26 Å². The van der Waals surface area contributed by atoms with Crippen LogP contribution in [0.4, 0.5) is 0 Å². The lowest BCUT2D eigenvalue weighted by atomic mass is 10.1. The molecule has 0 saturated heterocycles. The molecule has 1 aliphatic rings. The molecule has 0 radical (unpaired) electrons. The minimum atomic E-state index is -0.230. The van der Waals surface area contributed by atoms with E-state index in [2.05, 4.69) is 18.7 Å². The van der Waals surface area contributed by atoms with Crippen LogP contribution >= 0.6 is 0 Å². The third-order valence-electron chi connectivity index (χ3n) is 4.74. The van der Waals surface area contributed by atoms with Gasteiger partial charge in [0.1, 0.15) is 24.3 Å². The lowest BCUT2D eigenvalue weighted by molar-refractivity contribution is 0.0689. The maximum absolute atomic E-state index is 13.0. The molecule has 4 rings (SSSR count). The summed E-state index contributed by atoms with van der Waals surface area (Å²) in [5, 5.41) is 0.468. The van der Waals surface area contributed by atoms with Crippen molar-refractivity contribution in [3.05, 3.63) is 58.4 Å². The van der Waals surface area contributed by atoms with E-state index in [0.29, 0.717) is 41.8 Å². The van der Waals surface area contributed by atoms with Crippen molar-refractivity contribution in [2.24, 2.45) is 0 Å². The van der Waals surface area contributed by atoms with Crippen molar-refractivity contribution < 1.29 is 18.6 Å². The van der Waals surface area contributed by atoms with Crippen molar-refractivity contribution in [1.29, 1.82) is 0 Å². The molecular formula is C21H21NO5. The monoisotopic (exact) mass is 367 g/mol. The molecule has 1 aromatic heterocycles. The summed E-state index contributed by atoms with van der Waals surface area (Å²) in [7, 11) is 1.55. The average molecular weight is 367 g/mol. The first-order valence-corrected chi connectivity index (χ1v) is 8.83. The Morgan fingerprint density at radius 2 is 1.85 bits per heavy atom. The highest BCUT2D eigenvalue weighted by atomic mass is 16.5. The highest BCUT2D eigenvalue weighted by molar-refractivity contribution is 5.83. The predicted molar refractivity (Wildman–Crippen MR) is 102 cm³/mol. The van der Waals surface area contributed by atoms with Crippen LogP contribution in [0.15, 0.2) is 51.9 Å². The van der Waals surface area contributed by atoms with Crippen molar-refractivity contribution in [1.82, 2.24) is 4.90 Å². The van der Waals surface area contributed by atoms with Gasteiger partial charge in [-0.3, -0.25) is 9.69 Å². The van der Waals surface area contributed by atoms with Crippen molar-refractivity contribution in [3.8, 4) is 23.0 Å². The van der Waals surface area contributed by atoms with Crippen molar-refractivity contribution in [2.45, 2.75) is 26.4 Å². The van der Waals surface area contributed by atoms with E-state index < -0.39 is 0 Å². The van der Waals surface area contributed by atoms with E-state index in [-0.39, 0.29) is 11.2 Å². The Morgan fingerprint density at radius 3 is 2.59 bits per heavy atom. The number of para-hydroxylation sites is 2. The zero-order valence-electron chi connectivity index (χ0n) is 15.5. The highest BCUT2D eigenvalue weighted by Crippen LogP contribution is 2.34. The van der Waals surface area contributed by atoms with E-state index >= 15 is 0 Å². The minimum Gasteiger partial charge on any atom is -0.493 e. The van der Waals surface area contributed by atoms with Crippen molar-refractivity contribution in [2.75, 3.05) is 13.8 Å². The number of hydrogen-bond donors (Lipinski definition) is 0. The zero-order valence-corrected chi connectivity index (χ0v) is 15.5. The second-order valence-corrected chi connectivity index (χ2v) is 6.71. The van der Waals surface area contributed by atoms with Crippen LogP contribution in [0.25, 0.3) is 11.0 Å². The largest absolute Gasteiger partial charge is 0.493 e. The first-order chi connectivity index (χ1) is 13.1. The number of benzene rings is 2. The zero-order chi connectivity index (χ0) is 19.0. The van der Waals surface area contributed by atoms with Crippen LogP contribution in [0.5, 0.6) is 23.0 Å². The van der Waals surface area contributed by atoms with Gasteiger partial charge in [-0.25, -0.2) is 0 Å². The minimum absolute atomic E-state index is 0.115. The van der Waals surface area contributed by atoms with Crippen LogP contribution in [0.2, 0.25) is 0 Å². The molecule has 6 nitrogen and oxygen atoms in total. The fraction of sp³-hybridized carbons (Fsp3) is 0.286. The smallest absolute Gasteiger partial charge is 0.235 e. The first-order valence-electron chi connectivity index (χ1n) is 8.83. The Labute approximate surface area is 156 Å². The molecule has 0 atom stereocenters. The average Bonchev–Trinajstić information content (AvgIpc) is 2.69. The van der Waals surface area contributed by atoms with Crippen molar-refractivity contribution >= 4 is 11.0 Å². The van der Waals surface area contributed by atoms with E-state index in [1.807, 2.05) is 18.2 Å². The molecule has 0 fully saturated rings. The highest BCUT2D eigenvalue weighted by Gasteiger charge is 2.24. The third kappa shape index (κ3) is 3.13. The summed E-state index contributed by atoms with van der Waals surface area (Å²) in [5.41, 5.74) is 1.19. The Bertz CT molecular complexity index is 1040. The number of fused-ring (bicyclic) bond motifs is 3. The second-order valence-electron chi connectivity index (χ2n) is 6.71. The van der Waals surface area contributed by atoms with Gasteiger partial charge in [0.05, 0.1) is 18.1 Å². The summed E-state index contributed by atoms with van der Waals surface area (Å²) < 4.78 is 22.7. The van der Waals surface area contributed by atoms with E-state index in [4.69, 9.17) is 18.6 Å². The van der Waals surface area contributed by atoms with Gasteiger partial charge in [0, 0.05) is 12.6 Å². The number of methoxy groups -OCH3 is 1. The molecule has 0 N–H and O–H groups in total. The Balaban J connectivity index is 1.76.